The molecule has 2 N–H and O–H groups in total. The van der Waals surface area contributed by atoms with Crippen LogP contribution in [-0.2, 0) is 16.0 Å². The summed E-state index contributed by atoms with van der Waals surface area (Å²) in [5.74, 6) is -0.403. The average Bonchev–Trinajstić information content (AvgIpc) is 2.28. The van der Waals surface area contributed by atoms with Gasteiger partial charge >= 0.3 is 0 Å². The van der Waals surface area contributed by atoms with E-state index in [0.717, 1.165) is 5.56 Å². The molecule has 0 radical (unpaired) electrons. The number of carbonyl (C=O) groups excluding carboxylic acids is 2. The lowest BCUT2D eigenvalue weighted by Crippen LogP contribution is -2.44. The molecule has 1 aromatic rings. The highest BCUT2D eigenvalue weighted by molar-refractivity contribution is 6.30. The Bertz CT molecular complexity index is 435. The van der Waals surface area contributed by atoms with Gasteiger partial charge in [0.25, 0.3) is 0 Å². The van der Waals surface area contributed by atoms with Crippen LogP contribution in [0.5, 0.6) is 0 Å². The van der Waals surface area contributed by atoms with E-state index >= 15 is 0 Å². The van der Waals surface area contributed by atoms with Crippen LogP contribution in [0, 0.1) is 0 Å². The van der Waals surface area contributed by atoms with Crippen molar-refractivity contribution >= 4 is 23.4 Å². The molecule has 1 rings (SSSR count). The van der Waals surface area contributed by atoms with Gasteiger partial charge in [0.2, 0.25) is 11.8 Å². The van der Waals surface area contributed by atoms with Gasteiger partial charge in [-0.25, -0.2) is 0 Å². The number of rotatable bonds is 5. The SMILES string of the molecule is CC(=O)N[C@@H](C)C(=O)NCCc1cccc(Cl)c1. The fourth-order valence-electron chi connectivity index (χ4n) is 1.55. The Morgan fingerprint density at radius 1 is 1.39 bits per heavy atom. The molecule has 0 unspecified atom stereocenters. The lowest BCUT2D eigenvalue weighted by Gasteiger charge is -2.12. The first-order valence-electron chi connectivity index (χ1n) is 5.78. The summed E-state index contributed by atoms with van der Waals surface area (Å²) >= 11 is 5.86. The summed E-state index contributed by atoms with van der Waals surface area (Å²) in [6.07, 6.45) is 0.707. The maximum atomic E-state index is 11.6. The second kappa shape index (κ2) is 7.01. The van der Waals surface area contributed by atoms with Gasteiger partial charge in [-0.2, -0.15) is 0 Å². The molecule has 0 saturated heterocycles. The van der Waals surface area contributed by atoms with Gasteiger partial charge < -0.3 is 10.6 Å². The van der Waals surface area contributed by atoms with Crippen LogP contribution in [0.1, 0.15) is 19.4 Å². The van der Waals surface area contributed by atoms with Crippen molar-refractivity contribution in [1.29, 1.82) is 0 Å². The molecule has 98 valence electrons. The van der Waals surface area contributed by atoms with Crippen LogP contribution in [0.3, 0.4) is 0 Å². The topological polar surface area (TPSA) is 58.2 Å². The van der Waals surface area contributed by atoms with Crippen LogP contribution in [0.4, 0.5) is 0 Å². The molecule has 0 aliphatic rings. The van der Waals surface area contributed by atoms with Gasteiger partial charge in [-0.15, -0.1) is 0 Å². The second-order valence-corrected chi connectivity index (χ2v) is 4.53. The zero-order valence-electron chi connectivity index (χ0n) is 10.5. The highest BCUT2D eigenvalue weighted by Gasteiger charge is 2.12. The van der Waals surface area contributed by atoms with E-state index in [9.17, 15) is 9.59 Å². The van der Waals surface area contributed by atoms with Crippen LogP contribution in [-0.4, -0.2) is 24.4 Å². The molecule has 0 saturated carbocycles. The monoisotopic (exact) mass is 268 g/mol. The fraction of sp³-hybridized carbons (Fsp3) is 0.385. The van der Waals surface area contributed by atoms with E-state index in [1.54, 1.807) is 6.92 Å². The average molecular weight is 269 g/mol. The van der Waals surface area contributed by atoms with Crippen molar-refractivity contribution in [3.63, 3.8) is 0 Å². The summed E-state index contributed by atoms with van der Waals surface area (Å²) in [5.41, 5.74) is 1.06. The molecule has 1 atom stereocenters. The molecular formula is C13H17ClN2O2. The van der Waals surface area contributed by atoms with Crippen LogP contribution < -0.4 is 10.6 Å². The quantitative estimate of drug-likeness (QED) is 0.851. The van der Waals surface area contributed by atoms with Gasteiger partial charge in [0.05, 0.1) is 0 Å². The first-order chi connectivity index (χ1) is 8.49. The normalized spacial score (nSPS) is 11.7. The Morgan fingerprint density at radius 3 is 2.72 bits per heavy atom. The summed E-state index contributed by atoms with van der Waals surface area (Å²) in [6.45, 7) is 3.55. The molecule has 0 bridgehead atoms. The number of hydrogen-bond acceptors (Lipinski definition) is 2. The number of halogens is 1. The third-order valence-electron chi connectivity index (χ3n) is 2.41. The lowest BCUT2D eigenvalue weighted by atomic mass is 10.1. The summed E-state index contributed by atoms with van der Waals surface area (Å²) < 4.78 is 0. The summed E-state index contributed by atoms with van der Waals surface area (Å²) in [5, 5.41) is 5.97. The molecule has 0 aliphatic heterocycles. The third-order valence-corrected chi connectivity index (χ3v) is 2.65. The Hall–Kier alpha value is -1.55. The Labute approximate surface area is 112 Å². The largest absolute Gasteiger partial charge is 0.354 e. The summed E-state index contributed by atoms with van der Waals surface area (Å²) in [6, 6.07) is 6.99. The predicted molar refractivity (Wildman–Crippen MR) is 71.4 cm³/mol. The maximum absolute atomic E-state index is 11.6. The van der Waals surface area contributed by atoms with E-state index < -0.39 is 6.04 Å². The summed E-state index contributed by atoms with van der Waals surface area (Å²) in [4.78, 5) is 22.4. The fourth-order valence-corrected chi connectivity index (χ4v) is 1.76. The standard InChI is InChI=1S/C13H17ClN2O2/c1-9(16-10(2)17)13(18)15-7-6-11-4-3-5-12(14)8-11/h3-5,8-9H,6-7H2,1-2H3,(H,15,18)(H,16,17)/t9-/m0/s1. The molecule has 18 heavy (non-hydrogen) atoms. The molecule has 2 amide bonds. The lowest BCUT2D eigenvalue weighted by molar-refractivity contribution is -0.127. The van der Waals surface area contributed by atoms with Crippen LogP contribution in [0.25, 0.3) is 0 Å². The molecule has 0 aliphatic carbocycles. The maximum Gasteiger partial charge on any atom is 0.242 e. The minimum Gasteiger partial charge on any atom is -0.354 e. The molecule has 0 aromatic heterocycles. The van der Waals surface area contributed by atoms with Crippen molar-refractivity contribution in [3.8, 4) is 0 Å². The second-order valence-electron chi connectivity index (χ2n) is 4.09. The van der Waals surface area contributed by atoms with Crippen LogP contribution >= 0.6 is 11.6 Å². The van der Waals surface area contributed by atoms with Crippen molar-refractivity contribution in [2.45, 2.75) is 26.3 Å². The Morgan fingerprint density at radius 2 is 2.11 bits per heavy atom. The smallest absolute Gasteiger partial charge is 0.242 e. The molecule has 4 nitrogen and oxygen atoms in total. The van der Waals surface area contributed by atoms with Gasteiger partial charge in [-0.3, -0.25) is 9.59 Å². The predicted octanol–water partition coefficient (Wildman–Crippen LogP) is 1.52. The summed E-state index contributed by atoms with van der Waals surface area (Å²) in [7, 11) is 0. The molecule has 5 heteroatoms. The number of amides is 2. The molecule has 0 heterocycles. The van der Waals surface area contributed by atoms with E-state index in [4.69, 9.17) is 11.6 Å². The first-order valence-corrected chi connectivity index (χ1v) is 6.16. The highest BCUT2D eigenvalue weighted by Crippen LogP contribution is 2.10. The Balaban J connectivity index is 2.33. The van der Waals surface area contributed by atoms with Gasteiger partial charge in [0.15, 0.2) is 0 Å². The van der Waals surface area contributed by atoms with Gasteiger partial charge in [-0.1, -0.05) is 23.7 Å². The van der Waals surface area contributed by atoms with Crippen molar-refractivity contribution in [2.24, 2.45) is 0 Å². The van der Waals surface area contributed by atoms with E-state index in [1.165, 1.54) is 6.92 Å². The van der Waals surface area contributed by atoms with E-state index in [1.807, 2.05) is 24.3 Å². The molecule has 0 fully saturated rings. The van der Waals surface area contributed by atoms with E-state index in [-0.39, 0.29) is 11.8 Å². The van der Waals surface area contributed by atoms with Gasteiger partial charge in [-0.05, 0) is 31.0 Å². The first kappa shape index (κ1) is 14.5. The van der Waals surface area contributed by atoms with Gasteiger partial charge in [0.1, 0.15) is 6.04 Å². The van der Waals surface area contributed by atoms with Crippen molar-refractivity contribution in [2.75, 3.05) is 6.54 Å². The van der Waals surface area contributed by atoms with Gasteiger partial charge in [0, 0.05) is 18.5 Å². The van der Waals surface area contributed by atoms with E-state index in [0.29, 0.717) is 18.0 Å². The Kier molecular flexibility index (Phi) is 5.65. The number of carbonyl (C=O) groups is 2. The van der Waals surface area contributed by atoms with Crippen LogP contribution in [0.2, 0.25) is 5.02 Å². The molecule has 1 aromatic carbocycles. The number of nitrogens with one attached hydrogen (secondary N) is 2. The number of benzene rings is 1. The zero-order valence-corrected chi connectivity index (χ0v) is 11.3. The number of hydrogen-bond donors (Lipinski definition) is 2. The van der Waals surface area contributed by atoms with Crippen molar-refractivity contribution in [1.82, 2.24) is 10.6 Å². The molecular weight excluding hydrogens is 252 g/mol. The van der Waals surface area contributed by atoms with Crippen LogP contribution in [0.15, 0.2) is 24.3 Å². The minimum atomic E-state index is -0.512. The third kappa shape index (κ3) is 5.19. The minimum absolute atomic E-state index is 0.188. The zero-order chi connectivity index (χ0) is 13.5. The highest BCUT2D eigenvalue weighted by atomic mass is 35.5. The van der Waals surface area contributed by atoms with Crippen molar-refractivity contribution < 1.29 is 9.59 Å². The molecule has 0 spiro atoms. The van der Waals surface area contributed by atoms with E-state index in [2.05, 4.69) is 10.6 Å². The van der Waals surface area contributed by atoms with Crippen molar-refractivity contribution in [3.05, 3.63) is 34.9 Å².